The number of carbonyl (C=O) groups is 3. The normalized spacial score (nSPS) is 18.5. The maximum absolute atomic E-state index is 12.6. The van der Waals surface area contributed by atoms with Gasteiger partial charge in [0, 0.05) is 5.69 Å². The molecular formula is C19H24N2O5. The Morgan fingerprint density at radius 3 is 2.46 bits per heavy atom. The molecular weight excluding hydrogens is 336 g/mol. The molecule has 3 amide bonds. The summed E-state index contributed by atoms with van der Waals surface area (Å²) >= 11 is 0. The zero-order valence-corrected chi connectivity index (χ0v) is 15.0. The lowest BCUT2D eigenvalue weighted by Crippen LogP contribution is -2.36. The summed E-state index contributed by atoms with van der Waals surface area (Å²) in [5.74, 6) is -0.689. The third-order valence-electron chi connectivity index (χ3n) is 4.74. The fourth-order valence-electron chi connectivity index (χ4n) is 3.27. The number of rotatable bonds is 6. The number of carbonyl (C=O) groups excluding carboxylic acids is 3. The smallest absolute Gasteiger partial charge is 0.338 e. The zero-order chi connectivity index (χ0) is 18.5. The molecule has 1 aliphatic heterocycles. The largest absolute Gasteiger partial charge is 0.462 e. The summed E-state index contributed by atoms with van der Waals surface area (Å²) in [5, 5.41) is 0. The van der Waals surface area contributed by atoms with Gasteiger partial charge in [-0.1, -0.05) is 19.3 Å². The molecule has 1 heterocycles. The number of esters is 1. The van der Waals surface area contributed by atoms with Gasteiger partial charge in [0.05, 0.1) is 18.3 Å². The van der Waals surface area contributed by atoms with Crippen LogP contribution in [0.4, 0.5) is 10.5 Å². The highest BCUT2D eigenvalue weighted by Gasteiger charge is 2.37. The van der Waals surface area contributed by atoms with Crippen LogP contribution >= 0.6 is 0 Å². The first kappa shape index (κ1) is 18.4. The van der Waals surface area contributed by atoms with E-state index >= 15 is 0 Å². The molecule has 2 fully saturated rings. The summed E-state index contributed by atoms with van der Waals surface area (Å²) in [4.78, 5) is 39.0. The van der Waals surface area contributed by atoms with Crippen molar-refractivity contribution in [3.8, 4) is 0 Å². The van der Waals surface area contributed by atoms with E-state index in [1.54, 1.807) is 31.2 Å². The molecule has 2 aliphatic rings. The van der Waals surface area contributed by atoms with E-state index in [9.17, 15) is 14.4 Å². The molecule has 0 atom stereocenters. The highest BCUT2D eigenvalue weighted by Crippen LogP contribution is 2.24. The molecule has 0 aromatic heterocycles. The number of hydrogen-bond donors (Lipinski definition) is 0. The van der Waals surface area contributed by atoms with Crippen molar-refractivity contribution in [1.82, 2.24) is 4.90 Å². The van der Waals surface area contributed by atoms with Crippen LogP contribution in [0.25, 0.3) is 0 Å². The molecule has 1 aliphatic carbocycles. The summed E-state index contributed by atoms with van der Waals surface area (Å²) in [5.41, 5.74) is 0.975. The van der Waals surface area contributed by atoms with Gasteiger partial charge in [0.1, 0.15) is 13.3 Å². The molecule has 7 nitrogen and oxygen atoms in total. The van der Waals surface area contributed by atoms with Gasteiger partial charge in [-0.2, -0.15) is 0 Å². The van der Waals surface area contributed by atoms with E-state index in [-0.39, 0.29) is 25.3 Å². The lowest BCUT2D eigenvalue weighted by Gasteiger charge is -2.24. The molecule has 1 aromatic carbocycles. The number of nitrogens with zero attached hydrogens (tertiary/aromatic N) is 2. The maximum Gasteiger partial charge on any atom is 0.338 e. The molecule has 3 rings (SSSR count). The lowest BCUT2D eigenvalue weighted by atomic mass is 9.98. The Morgan fingerprint density at radius 1 is 1.12 bits per heavy atom. The third-order valence-corrected chi connectivity index (χ3v) is 4.74. The van der Waals surface area contributed by atoms with Gasteiger partial charge >= 0.3 is 12.0 Å². The zero-order valence-electron chi connectivity index (χ0n) is 15.0. The monoisotopic (exact) mass is 360 g/mol. The fourth-order valence-corrected chi connectivity index (χ4v) is 3.27. The molecule has 0 spiro atoms. The van der Waals surface area contributed by atoms with Gasteiger partial charge in [0.25, 0.3) is 5.91 Å². The van der Waals surface area contributed by atoms with Crippen molar-refractivity contribution < 1.29 is 23.9 Å². The third kappa shape index (κ3) is 4.04. The van der Waals surface area contributed by atoms with Gasteiger partial charge < -0.3 is 9.47 Å². The number of amides is 3. The van der Waals surface area contributed by atoms with Crippen molar-refractivity contribution in [2.75, 3.05) is 24.8 Å². The summed E-state index contributed by atoms with van der Waals surface area (Å²) < 4.78 is 10.7. The molecule has 0 bridgehead atoms. The Hall–Kier alpha value is -2.41. The van der Waals surface area contributed by atoms with Gasteiger partial charge in [-0.3, -0.25) is 9.69 Å². The number of hydrogen-bond acceptors (Lipinski definition) is 5. The van der Waals surface area contributed by atoms with Crippen molar-refractivity contribution in [1.29, 1.82) is 0 Å². The van der Waals surface area contributed by atoms with E-state index in [0.717, 1.165) is 30.6 Å². The Balaban J connectivity index is 1.61. The molecule has 0 N–H and O–H groups in total. The molecule has 0 radical (unpaired) electrons. The van der Waals surface area contributed by atoms with Gasteiger partial charge in [-0.25, -0.2) is 14.5 Å². The van der Waals surface area contributed by atoms with E-state index in [1.807, 2.05) is 0 Å². The van der Waals surface area contributed by atoms with Crippen LogP contribution in [-0.4, -0.2) is 48.8 Å². The topological polar surface area (TPSA) is 76.2 Å². The first-order valence-corrected chi connectivity index (χ1v) is 9.10. The predicted octanol–water partition coefficient (Wildman–Crippen LogP) is 2.94. The number of imide groups is 1. The standard InChI is InChI=1S/C19H24N2O5/c1-2-25-18(23)14-8-10-15(11-9-14)20-12-17(22)21(19(20)24)13-26-16-6-4-3-5-7-16/h8-11,16H,2-7,12-13H2,1H3. The van der Waals surface area contributed by atoms with Crippen LogP contribution in [0.2, 0.25) is 0 Å². The number of urea groups is 1. The Bertz CT molecular complexity index is 667. The number of ether oxygens (including phenoxy) is 2. The van der Waals surface area contributed by atoms with E-state index in [0.29, 0.717) is 17.9 Å². The second-order valence-electron chi connectivity index (χ2n) is 6.51. The maximum atomic E-state index is 12.6. The molecule has 0 unspecified atom stereocenters. The average Bonchev–Trinajstić information content (AvgIpc) is 2.95. The summed E-state index contributed by atoms with van der Waals surface area (Å²) in [6.07, 6.45) is 5.57. The minimum Gasteiger partial charge on any atom is -0.462 e. The van der Waals surface area contributed by atoms with Gasteiger partial charge in [-0.05, 0) is 44.0 Å². The van der Waals surface area contributed by atoms with Crippen LogP contribution in [-0.2, 0) is 14.3 Å². The van der Waals surface area contributed by atoms with Crippen LogP contribution in [0.15, 0.2) is 24.3 Å². The van der Waals surface area contributed by atoms with Crippen molar-refractivity contribution in [3.63, 3.8) is 0 Å². The average molecular weight is 360 g/mol. The second-order valence-corrected chi connectivity index (χ2v) is 6.51. The Kier molecular flexibility index (Phi) is 5.88. The van der Waals surface area contributed by atoms with Crippen LogP contribution in [0.1, 0.15) is 49.4 Å². The highest BCUT2D eigenvalue weighted by molar-refractivity contribution is 6.12. The summed E-state index contributed by atoms with van der Waals surface area (Å²) in [7, 11) is 0. The number of benzene rings is 1. The molecule has 140 valence electrons. The van der Waals surface area contributed by atoms with Gasteiger partial charge in [0.2, 0.25) is 0 Å². The minimum absolute atomic E-state index is 0.000255. The molecule has 1 saturated carbocycles. The van der Waals surface area contributed by atoms with Crippen LogP contribution in [0.3, 0.4) is 0 Å². The van der Waals surface area contributed by atoms with Crippen LogP contribution < -0.4 is 4.90 Å². The Labute approximate surface area is 152 Å². The highest BCUT2D eigenvalue weighted by atomic mass is 16.5. The van der Waals surface area contributed by atoms with Crippen LogP contribution in [0, 0.1) is 0 Å². The first-order chi connectivity index (χ1) is 12.6. The van der Waals surface area contributed by atoms with Crippen molar-refractivity contribution in [2.24, 2.45) is 0 Å². The number of anilines is 1. The minimum atomic E-state index is -0.412. The molecule has 1 aromatic rings. The second kappa shape index (κ2) is 8.31. The molecule has 26 heavy (non-hydrogen) atoms. The van der Waals surface area contributed by atoms with Crippen molar-refractivity contribution >= 4 is 23.6 Å². The van der Waals surface area contributed by atoms with E-state index < -0.39 is 12.0 Å². The van der Waals surface area contributed by atoms with E-state index in [2.05, 4.69) is 0 Å². The summed E-state index contributed by atoms with van der Waals surface area (Å²) in [6.45, 7) is 2.02. The lowest BCUT2D eigenvalue weighted by molar-refractivity contribution is -0.130. The van der Waals surface area contributed by atoms with Gasteiger partial charge in [0.15, 0.2) is 0 Å². The van der Waals surface area contributed by atoms with Crippen LogP contribution in [0.5, 0.6) is 0 Å². The quantitative estimate of drug-likeness (QED) is 0.576. The van der Waals surface area contributed by atoms with Crippen molar-refractivity contribution in [3.05, 3.63) is 29.8 Å². The van der Waals surface area contributed by atoms with Gasteiger partial charge in [-0.15, -0.1) is 0 Å². The SMILES string of the molecule is CCOC(=O)c1ccc(N2CC(=O)N(COC3CCCCC3)C2=O)cc1. The van der Waals surface area contributed by atoms with E-state index in [4.69, 9.17) is 9.47 Å². The molecule has 7 heteroatoms. The van der Waals surface area contributed by atoms with Crippen molar-refractivity contribution in [2.45, 2.75) is 45.1 Å². The molecule has 1 saturated heterocycles. The fraction of sp³-hybridized carbons (Fsp3) is 0.526. The predicted molar refractivity (Wildman–Crippen MR) is 94.8 cm³/mol. The Morgan fingerprint density at radius 2 is 1.81 bits per heavy atom. The summed E-state index contributed by atoms with van der Waals surface area (Å²) in [6, 6.07) is 6.07. The van der Waals surface area contributed by atoms with E-state index in [1.165, 1.54) is 11.3 Å². The first-order valence-electron chi connectivity index (χ1n) is 9.10.